The number of hydrogen-bond acceptors (Lipinski definition) is 4. The fraction of sp³-hybridized carbons (Fsp3) is 0.462. The molecule has 1 unspecified atom stereocenters. The second-order valence-electron chi connectivity index (χ2n) is 4.35. The molecule has 0 aliphatic carbocycles. The summed E-state index contributed by atoms with van der Waals surface area (Å²) in [5.41, 5.74) is 6.95. The molecule has 0 aromatic heterocycles. The molecule has 1 fully saturated rings. The van der Waals surface area contributed by atoms with E-state index in [0.29, 0.717) is 19.6 Å². The fourth-order valence-electron chi connectivity index (χ4n) is 2.27. The van der Waals surface area contributed by atoms with E-state index in [1.807, 2.05) is 24.3 Å². The molecule has 5 heteroatoms. The number of benzene rings is 1. The first kappa shape index (κ1) is 12.9. The molecule has 5 nitrogen and oxygen atoms in total. The fourth-order valence-corrected chi connectivity index (χ4v) is 2.27. The van der Waals surface area contributed by atoms with Crippen molar-refractivity contribution in [2.45, 2.75) is 6.04 Å². The number of carbonyl (C=O) groups excluding carboxylic acids is 1. The standard InChI is InChI=1S/C13H19N3O2/c1-18-11-4-2-3-10(7-11)12(8-14)16-6-5-15-13(17)9-16/h2-4,7,12H,5-6,8-9,14H2,1H3,(H,15,17). The van der Waals surface area contributed by atoms with Crippen LogP contribution in [-0.4, -0.2) is 44.1 Å². The maximum atomic E-state index is 11.4. The van der Waals surface area contributed by atoms with Crippen LogP contribution >= 0.6 is 0 Å². The van der Waals surface area contributed by atoms with Crippen LogP contribution < -0.4 is 15.8 Å². The molecular formula is C13H19N3O2. The zero-order valence-electron chi connectivity index (χ0n) is 10.6. The summed E-state index contributed by atoms with van der Waals surface area (Å²) in [6.45, 7) is 2.39. The van der Waals surface area contributed by atoms with Crippen LogP contribution in [0, 0.1) is 0 Å². The summed E-state index contributed by atoms with van der Waals surface area (Å²) in [4.78, 5) is 13.5. The van der Waals surface area contributed by atoms with Gasteiger partial charge in [0.25, 0.3) is 0 Å². The minimum Gasteiger partial charge on any atom is -0.497 e. The number of hydrogen-bond donors (Lipinski definition) is 2. The van der Waals surface area contributed by atoms with E-state index in [1.54, 1.807) is 7.11 Å². The monoisotopic (exact) mass is 249 g/mol. The molecule has 98 valence electrons. The number of piperazine rings is 1. The van der Waals surface area contributed by atoms with Crippen LogP contribution in [-0.2, 0) is 4.79 Å². The summed E-state index contributed by atoms with van der Waals surface area (Å²) in [5, 5.41) is 2.82. The third kappa shape index (κ3) is 2.80. The lowest BCUT2D eigenvalue weighted by molar-refractivity contribution is -0.124. The topological polar surface area (TPSA) is 67.6 Å². The van der Waals surface area contributed by atoms with E-state index in [4.69, 9.17) is 10.5 Å². The second kappa shape index (κ2) is 5.84. The summed E-state index contributed by atoms with van der Waals surface area (Å²) < 4.78 is 5.22. The zero-order chi connectivity index (χ0) is 13.0. The van der Waals surface area contributed by atoms with Crippen molar-refractivity contribution in [3.05, 3.63) is 29.8 Å². The number of rotatable bonds is 4. The van der Waals surface area contributed by atoms with Gasteiger partial charge in [0.05, 0.1) is 13.7 Å². The van der Waals surface area contributed by atoms with Crippen LogP contribution in [0.3, 0.4) is 0 Å². The Morgan fingerprint density at radius 1 is 1.56 bits per heavy atom. The van der Waals surface area contributed by atoms with Gasteiger partial charge in [0.1, 0.15) is 5.75 Å². The van der Waals surface area contributed by atoms with E-state index in [0.717, 1.165) is 17.9 Å². The Bertz CT molecular complexity index is 422. The first-order valence-corrected chi connectivity index (χ1v) is 6.09. The van der Waals surface area contributed by atoms with Crippen molar-refractivity contribution < 1.29 is 9.53 Å². The van der Waals surface area contributed by atoms with Crippen molar-refractivity contribution in [2.24, 2.45) is 5.73 Å². The highest BCUT2D eigenvalue weighted by Crippen LogP contribution is 2.23. The molecule has 1 saturated heterocycles. The maximum absolute atomic E-state index is 11.4. The van der Waals surface area contributed by atoms with Crippen LogP contribution in [0.5, 0.6) is 5.75 Å². The predicted octanol–water partition coefficient (Wildman–Crippen LogP) is 0.127. The number of amides is 1. The van der Waals surface area contributed by atoms with Gasteiger partial charge in [-0.05, 0) is 17.7 Å². The molecule has 2 rings (SSSR count). The zero-order valence-corrected chi connectivity index (χ0v) is 10.6. The number of nitrogens with two attached hydrogens (primary N) is 1. The van der Waals surface area contributed by atoms with E-state index in [2.05, 4.69) is 10.2 Å². The minimum atomic E-state index is 0.0580. The highest BCUT2D eigenvalue weighted by Gasteiger charge is 2.24. The van der Waals surface area contributed by atoms with Gasteiger partial charge < -0.3 is 15.8 Å². The normalized spacial score (nSPS) is 18.2. The molecule has 3 N–H and O–H groups in total. The average Bonchev–Trinajstić information content (AvgIpc) is 2.40. The summed E-state index contributed by atoms with van der Waals surface area (Å²) in [6, 6.07) is 7.91. The Balaban J connectivity index is 2.18. The number of methoxy groups -OCH3 is 1. The molecular weight excluding hydrogens is 230 g/mol. The second-order valence-corrected chi connectivity index (χ2v) is 4.35. The van der Waals surface area contributed by atoms with Gasteiger partial charge in [0.2, 0.25) is 5.91 Å². The molecule has 1 aliphatic heterocycles. The summed E-state index contributed by atoms with van der Waals surface area (Å²) >= 11 is 0. The molecule has 1 aromatic carbocycles. The van der Waals surface area contributed by atoms with E-state index in [1.165, 1.54) is 0 Å². The Hall–Kier alpha value is -1.59. The summed E-state index contributed by atoms with van der Waals surface area (Å²) in [5.74, 6) is 0.870. The van der Waals surface area contributed by atoms with E-state index in [-0.39, 0.29) is 11.9 Å². The SMILES string of the molecule is COc1cccc(C(CN)N2CCNC(=O)C2)c1. The van der Waals surface area contributed by atoms with Gasteiger partial charge in [-0.1, -0.05) is 12.1 Å². The molecule has 1 aliphatic rings. The molecule has 1 atom stereocenters. The van der Waals surface area contributed by atoms with Gasteiger partial charge in [-0.15, -0.1) is 0 Å². The lowest BCUT2D eigenvalue weighted by Gasteiger charge is -2.33. The lowest BCUT2D eigenvalue weighted by Crippen LogP contribution is -2.50. The van der Waals surface area contributed by atoms with E-state index < -0.39 is 0 Å². The van der Waals surface area contributed by atoms with E-state index >= 15 is 0 Å². The molecule has 0 bridgehead atoms. The van der Waals surface area contributed by atoms with Crippen LogP contribution in [0.1, 0.15) is 11.6 Å². The van der Waals surface area contributed by atoms with Crippen LogP contribution in [0.25, 0.3) is 0 Å². The van der Waals surface area contributed by atoms with Crippen molar-refractivity contribution in [3.8, 4) is 5.75 Å². The number of nitrogens with one attached hydrogen (secondary N) is 1. The van der Waals surface area contributed by atoms with E-state index in [9.17, 15) is 4.79 Å². The molecule has 1 aromatic rings. The predicted molar refractivity (Wildman–Crippen MR) is 69.4 cm³/mol. The highest BCUT2D eigenvalue weighted by atomic mass is 16.5. The Morgan fingerprint density at radius 2 is 2.39 bits per heavy atom. The molecule has 0 saturated carbocycles. The van der Waals surface area contributed by atoms with Crippen LogP contribution in [0.15, 0.2) is 24.3 Å². The van der Waals surface area contributed by atoms with Gasteiger partial charge in [0, 0.05) is 25.7 Å². The third-order valence-corrected chi connectivity index (χ3v) is 3.21. The molecule has 1 heterocycles. The molecule has 18 heavy (non-hydrogen) atoms. The summed E-state index contributed by atoms with van der Waals surface area (Å²) in [6.07, 6.45) is 0. The lowest BCUT2D eigenvalue weighted by atomic mass is 10.0. The smallest absolute Gasteiger partial charge is 0.234 e. The van der Waals surface area contributed by atoms with Gasteiger partial charge in [-0.3, -0.25) is 9.69 Å². The van der Waals surface area contributed by atoms with Gasteiger partial charge in [-0.2, -0.15) is 0 Å². The van der Waals surface area contributed by atoms with Gasteiger partial charge in [-0.25, -0.2) is 0 Å². The Labute approximate surface area is 107 Å². The molecule has 0 radical (unpaired) electrons. The Morgan fingerprint density at radius 3 is 3.06 bits per heavy atom. The van der Waals surface area contributed by atoms with Gasteiger partial charge in [0.15, 0.2) is 0 Å². The van der Waals surface area contributed by atoms with Crippen LogP contribution in [0.4, 0.5) is 0 Å². The number of nitrogens with zero attached hydrogens (tertiary/aromatic N) is 1. The molecule has 1 amide bonds. The number of ether oxygens (including phenoxy) is 1. The third-order valence-electron chi connectivity index (χ3n) is 3.21. The first-order chi connectivity index (χ1) is 8.74. The van der Waals surface area contributed by atoms with Crippen molar-refractivity contribution in [1.29, 1.82) is 0 Å². The van der Waals surface area contributed by atoms with Crippen molar-refractivity contribution in [1.82, 2.24) is 10.2 Å². The first-order valence-electron chi connectivity index (χ1n) is 6.09. The number of carbonyl (C=O) groups is 1. The van der Waals surface area contributed by atoms with Crippen molar-refractivity contribution in [3.63, 3.8) is 0 Å². The summed E-state index contributed by atoms with van der Waals surface area (Å²) in [7, 11) is 1.64. The average molecular weight is 249 g/mol. The van der Waals surface area contributed by atoms with Crippen LogP contribution in [0.2, 0.25) is 0 Å². The quantitative estimate of drug-likeness (QED) is 0.796. The highest BCUT2D eigenvalue weighted by molar-refractivity contribution is 5.78. The van der Waals surface area contributed by atoms with Crippen molar-refractivity contribution >= 4 is 5.91 Å². The Kier molecular flexibility index (Phi) is 4.17. The largest absolute Gasteiger partial charge is 0.497 e. The minimum absolute atomic E-state index is 0.0580. The maximum Gasteiger partial charge on any atom is 0.234 e. The van der Waals surface area contributed by atoms with Crippen molar-refractivity contribution in [2.75, 3.05) is 33.3 Å². The van der Waals surface area contributed by atoms with Gasteiger partial charge >= 0.3 is 0 Å². The molecule has 0 spiro atoms.